The first-order chi connectivity index (χ1) is 13.2. The molecule has 2 aromatic carbocycles. The van der Waals surface area contributed by atoms with Gasteiger partial charge in [0.2, 0.25) is 0 Å². The summed E-state index contributed by atoms with van der Waals surface area (Å²) >= 11 is 5.95. The number of anilines is 1. The highest BCUT2D eigenvalue weighted by molar-refractivity contribution is 6.30. The van der Waals surface area contributed by atoms with Crippen LogP contribution in [0.3, 0.4) is 0 Å². The molecule has 5 nitrogen and oxygen atoms in total. The Morgan fingerprint density at radius 3 is 2.48 bits per heavy atom. The van der Waals surface area contributed by atoms with Gasteiger partial charge >= 0.3 is 0 Å². The Hall–Kier alpha value is -2.79. The van der Waals surface area contributed by atoms with E-state index in [-0.39, 0.29) is 11.9 Å². The van der Waals surface area contributed by atoms with Crippen molar-refractivity contribution in [2.45, 2.75) is 18.9 Å². The van der Waals surface area contributed by atoms with E-state index in [0.29, 0.717) is 5.56 Å². The molecule has 0 aliphatic carbocycles. The molecule has 0 unspecified atom stereocenters. The third-order valence-electron chi connectivity index (χ3n) is 4.91. The van der Waals surface area contributed by atoms with E-state index in [1.54, 1.807) is 0 Å². The molecule has 1 saturated heterocycles. The van der Waals surface area contributed by atoms with Gasteiger partial charge < -0.3 is 10.2 Å². The van der Waals surface area contributed by atoms with Crippen molar-refractivity contribution in [1.82, 2.24) is 15.5 Å². The standard InChI is InChI=1S/C21H21ClN4O/c22-17-8-6-15(7-9-17)19-14-20(25-24-19)26-12-10-18(11-13-26)23-21(27)16-4-2-1-3-5-16/h1-9,14,18H,10-13H2,(H,23,27)(H,24,25). The number of H-pyrrole nitrogens is 1. The molecule has 138 valence electrons. The lowest BCUT2D eigenvalue weighted by Crippen LogP contribution is -2.44. The zero-order valence-electron chi connectivity index (χ0n) is 14.9. The molecule has 1 aromatic heterocycles. The number of hydrogen-bond acceptors (Lipinski definition) is 3. The van der Waals surface area contributed by atoms with Crippen LogP contribution in [0.25, 0.3) is 11.3 Å². The smallest absolute Gasteiger partial charge is 0.251 e. The topological polar surface area (TPSA) is 61.0 Å². The third kappa shape index (κ3) is 4.14. The van der Waals surface area contributed by atoms with E-state index in [1.807, 2.05) is 54.6 Å². The number of carbonyl (C=O) groups excluding carboxylic acids is 1. The van der Waals surface area contributed by atoms with E-state index in [0.717, 1.165) is 48.0 Å². The summed E-state index contributed by atoms with van der Waals surface area (Å²) in [4.78, 5) is 14.5. The lowest BCUT2D eigenvalue weighted by molar-refractivity contribution is 0.0931. The van der Waals surface area contributed by atoms with E-state index in [2.05, 4.69) is 26.5 Å². The average molecular weight is 381 g/mol. The van der Waals surface area contributed by atoms with Crippen LogP contribution in [0.2, 0.25) is 5.02 Å². The number of benzene rings is 2. The van der Waals surface area contributed by atoms with Crippen LogP contribution in [-0.4, -0.2) is 35.2 Å². The molecule has 2 heterocycles. The summed E-state index contributed by atoms with van der Waals surface area (Å²) in [5.74, 6) is 0.937. The average Bonchev–Trinajstić information content (AvgIpc) is 3.20. The second-order valence-corrected chi connectivity index (χ2v) is 7.18. The van der Waals surface area contributed by atoms with Gasteiger partial charge in [-0.25, -0.2) is 0 Å². The van der Waals surface area contributed by atoms with E-state index in [1.165, 1.54) is 0 Å². The molecule has 0 spiro atoms. The Kier molecular flexibility index (Phi) is 5.12. The van der Waals surface area contributed by atoms with Gasteiger partial charge in [-0.05, 0) is 42.7 Å². The summed E-state index contributed by atoms with van der Waals surface area (Å²) < 4.78 is 0. The van der Waals surface area contributed by atoms with Crippen LogP contribution >= 0.6 is 11.6 Å². The Balaban J connectivity index is 1.34. The summed E-state index contributed by atoms with van der Waals surface area (Å²) in [6.07, 6.45) is 1.81. The van der Waals surface area contributed by atoms with Crippen LogP contribution in [-0.2, 0) is 0 Å². The van der Waals surface area contributed by atoms with Crippen LogP contribution in [0, 0.1) is 0 Å². The van der Waals surface area contributed by atoms with Crippen molar-refractivity contribution in [3.63, 3.8) is 0 Å². The molecule has 1 aliphatic rings. The monoisotopic (exact) mass is 380 g/mol. The number of nitrogens with one attached hydrogen (secondary N) is 2. The lowest BCUT2D eigenvalue weighted by atomic mass is 10.0. The predicted octanol–water partition coefficient (Wildman–Crippen LogP) is 4.13. The fourth-order valence-corrected chi connectivity index (χ4v) is 3.49. The zero-order chi connectivity index (χ0) is 18.6. The first kappa shape index (κ1) is 17.6. The number of carbonyl (C=O) groups is 1. The van der Waals surface area contributed by atoms with Crippen molar-refractivity contribution < 1.29 is 4.79 Å². The third-order valence-corrected chi connectivity index (χ3v) is 5.16. The first-order valence-corrected chi connectivity index (χ1v) is 9.49. The van der Waals surface area contributed by atoms with E-state index in [4.69, 9.17) is 11.6 Å². The Morgan fingerprint density at radius 1 is 1.07 bits per heavy atom. The number of amides is 1. The van der Waals surface area contributed by atoms with Crippen molar-refractivity contribution in [2.75, 3.05) is 18.0 Å². The predicted molar refractivity (Wildman–Crippen MR) is 108 cm³/mol. The minimum absolute atomic E-state index is 0.00107. The number of nitrogens with zero attached hydrogens (tertiary/aromatic N) is 2. The van der Waals surface area contributed by atoms with E-state index >= 15 is 0 Å². The molecule has 1 fully saturated rings. The summed E-state index contributed by atoms with van der Waals surface area (Å²) in [6, 6.07) is 19.3. The molecule has 3 aromatic rings. The number of hydrogen-bond donors (Lipinski definition) is 2. The quantitative estimate of drug-likeness (QED) is 0.715. The van der Waals surface area contributed by atoms with Gasteiger partial charge in [-0.15, -0.1) is 0 Å². The molecule has 0 radical (unpaired) electrons. The highest BCUT2D eigenvalue weighted by Crippen LogP contribution is 2.25. The molecule has 0 saturated carbocycles. The number of aromatic amines is 1. The summed E-state index contributed by atoms with van der Waals surface area (Å²) in [5, 5.41) is 11.4. The van der Waals surface area contributed by atoms with Crippen molar-refractivity contribution in [3.05, 3.63) is 71.2 Å². The minimum atomic E-state index is -0.00107. The van der Waals surface area contributed by atoms with Gasteiger partial charge in [0, 0.05) is 35.8 Å². The van der Waals surface area contributed by atoms with Crippen molar-refractivity contribution >= 4 is 23.3 Å². The first-order valence-electron chi connectivity index (χ1n) is 9.11. The van der Waals surface area contributed by atoms with Gasteiger partial charge in [0.1, 0.15) is 0 Å². The molecule has 1 aliphatic heterocycles. The summed E-state index contributed by atoms with van der Waals surface area (Å²) in [5.41, 5.74) is 2.74. The second-order valence-electron chi connectivity index (χ2n) is 6.75. The van der Waals surface area contributed by atoms with Gasteiger partial charge in [0.15, 0.2) is 5.82 Å². The Bertz CT molecular complexity index is 899. The largest absolute Gasteiger partial charge is 0.355 e. The summed E-state index contributed by atoms with van der Waals surface area (Å²) in [7, 11) is 0. The fraction of sp³-hybridized carbons (Fsp3) is 0.238. The van der Waals surface area contributed by atoms with Crippen molar-refractivity contribution in [1.29, 1.82) is 0 Å². The van der Waals surface area contributed by atoms with Crippen LogP contribution in [0.5, 0.6) is 0 Å². The summed E-state index contributed by atoms with van der Waals surface area (Å²) in [6.45, 7) is 1.73. The van der Waals surface area contributed by atoms with Gasteiger partial charge in [-0.1, -0.05) is 41.9 Å². The van der Waals surface area contributed by atoms with Gasteiger partial charge in [0.25, 0.3) is 5.91 Å². The van der Waals surface area contributed by atoms with E-state index in [9.17, 15) is 4.79 Å². The van der Waals surface area contributed by atoms with Crippen molar-refractivity contribution in [3.8, 4) is 11.3 Å². The number of piperidine rings is 1. The number of aromatic nitrogens is 2. The van der Waals surface area contributed by atoms with Crippen molar-refractivity contribution in [2.24, 2.45) is 0 Å². The maximum Gasteiger partial charge on any atom is 0.251 e. The van der Waals surface area contributed by atoms with Gasteiger partial charge in [-0.3, -0.25) is 9.89 Å². The van der Waals surface area contributed by atoms with E-state index < -0.39 is 0 Å². The SMILES string of the molecule is O=C(NC1CCN(c2cc(-c3ccc(Cl)cc3)[nH]n2)CC1)c1ccccc1. The normalized spacial score (nSPS) is 14.9. The molecule has 6 heteroatoms. The maximum absolute atomic E-state index is 12.3. The highest BCUT2D eigenvalue weighted by atomic mass is 35.5. The highest BCUT2D eigenvalue weighted by Gasteiger charge is 2.22. The fourth-order valence-electron chi connectivity index (χ4n) is 3.36. The maximum atomic E-state index is 12.3. The molecule has 27 heavy (non-hydrogen) atoms. The van der Waals surface area contributed by atoms with Crippen LogP contribution < -0.4 is 10.2 Å². The minimum Gasteiger partial charge on any atom is -0.355 e. The van der Waals surface area contributed by atoms with Crippen LogP contribution in [0.15, 0.2) is 60.7 Å². The van der Waals surface area contributed by atoms with Crippen LogP contribution in [0.4, 0.5) is 5.82 Å². The Morgan fingerprint density at radius 2 is 1.78 bits per heavy atom. The molecule has 0 atom stereocenters. The Labute approximate surface area is 163 Å². The number of rotatable bonds is 4. The molecular formula is C21H21ClN4O. The molecule has 2 N–H and O–H groups in total. The molecule has 0 bridgehead atoms. The molecule has 1 amide bonds. The second kappa shape index (κ2) is 7.84. The van der Waals surface area contributed by atoms with Crippen LogP contribution in [0.1, 0.15) is 23.2 Å². The van der Waals surface area contributed by atoms with Gasteiger partial charge in [0.05, 0.1) is 5.69 Å². The molecule has 4 rings (SSSR count). The zero-order valence-corrected chi connectivity index (χ0v) is 15.6. The van der Waals surface area contributed by atoms with Gasteiger partial charge in [-0.2, -0.15) is 5.10 Å². The number of halogens is 1. The lowest BCUT2D eigenvalue weighted by Gasteiger charge is -2.32. The molecular weight excluding hydrogens is 360 g/mol.